The summed E-state index contributed by atoms with van der Waals surface area (Å²) >= 11 is 6.00. The Bertz CT molecular complexity index is 460. The zero-order valence-electron chi connectivity index (χ0n) is 10.8. The van der Waals surface area contributed by atoms with Crippen LogP contribution in [-0.4, -0.2) is 28.6 Å². The number of halogens is 2. The smallest absolute Gasteiger partial charge is 0.321 e. The normalized spacial score (nSPS) is 24.4. The van der Waals surface area contributed by atoms with Crippen LogP contribution in [0.25, 0.3) is 0 Å². The Hall–Kier alpha value is -1.13. The van der Waals surface area contributed by atoms with Crippen LogP contribution in [0.5, 0.6) is 0 Å². The molecule has 1 aromatic rings. The Morgan fingerprint density at radius 1 is 1.58 bits per heavy atom. The monoisotopic (exact) mass is 285 g/mol. The van der Waals surface area contributed by atoms with Crippen molar-refractivity contribution in [2.24, 2.45) is 5.92 Å². The number of carboxylic acids is 1. The van der Waals surface area contributed by atoms with Gasteiger partial charge in [0.25, 0.3) is 0 Å². The Kier molecular flexibility index (Phi) is 4.42. The van der Waals surface area contributed by atoms with Gasteiger partial charge in [0.2, 0.25) is 0 Å². The van der Waals surface area contributed by atoms with Gasteiger partial charge >= 0.3 is 5.97 Å². The number of aliphatic carboxylic acids is 1. The molecule has 1 saturated heterocycles. The van der Waals surface area contributed by atoms with Gasteiger partial charge in [-0.05, 0) is 37.4 Å². The second-order valence-electron chi connectivity index (χ2n) is 5.07. The van der Waals surface area contributed by atoms with Crippen LogP contribution in [0.1, 0.15) is 25.3 Å². The van der Waals surface area contributed by atoms with E-state index in [1.807, 2.05) is 6.92 Å². The molecule has 0 amide bonds. The summed E-state index contributed by atoms with van der Waals surface area (Å²) in [4.78, 5) is 13.2. The molecule has 104 valence electrons. The van der Waals surface area contributed by atoms with Crippen LogP contribution in [0, 0.1) is 11.7 Å². The summed E-state index contributed by atoms with van der Waals surface area (Å²) in [5.74, 6) is -1.16. The molecule has 2 rings (SSSR count). The molecule has 2 unspecified atom stereocenters. The molecule has 1 aliphatic rings. The second-order valence-corrected chi connectivity index (χ2v) is 5.48. The van der Waals surface area contributed by atoms with Gasteiger partial charge in [0.05, 0.1) is 0 Å². The lowest BCUT2D eigenvalue weighted by atomic mass is 9.90. The number of hydrogen-bond acceptors (Lipinski definition) is 2. The van der Waals surface area contributed by atoms with Crippen molar-refractivity contribution in [2.45, 2.75) is 32.4 Å². The van der Waals surface area contributed by atoms with E-state index in [2.05, 4.69) is 0 Å². The van der Waals surface area contributed by atoms with Crippen molar-refractivity contribution in [3.63, 3.8) is 0 Å². The van der Waals surface area contributed by atoms with E-state index >= 15 is 0 Å². The maximum Gasteiger partial charge on any atom is 0.321 e. The molecule has 0 aliphatic carbocycles. The van der Waals surface area contributed by atoms with Gasteiger partial charge in [-0.25, -0.2) is 4.39 Å². The standard InChI is InChI=1S/C14H17ClFNO2/c1-9-4-3-7-17(13(9)14(18)19)8-10-11(15)5-2-6-12(10)16/h2,5-6,9,13H,3-4,7-8H2,1H3,(H,18,19). The van der Waals surface area contributed by atoms with E-state index in [4.69, 9.17) is 11.6 Å². The van der Waals surface area contributed by atoms with Gasteiger partial charge < -0.3 is 5.11 Å². The number of carboxylic acid groups (broad SMARTS) is 1. The Morgan fingerprint density at radius 3 is 2.95 bits per heavy atom. The number of hydrogen-bond donors (Lipinski definition) is 1. The zero-order chi connectivity index (χ0) is 14.0. The second kappa shape index (κ2) is 5.88. The summed E-state index contributed by atoms with van der Waals surface area (Å²) < 4.78 is 13.8. The SMILES string of the molecule is CC1CCCN(Cc2c(F)cccc2Cl)C1C(=O)O. The van der Waals surface area contributed by atoms with Crippen LogP contribution in [0.4, 0.5) is 4.39 Å². The van der Waals surface area contributed by atoms with E-state index < -0.39 is 12.0 Å². The molecule has 0 bridgehead atoms. The summed E-state index contributed by atoms with van der Waals surface area (Å²) in [6, 6.07) is 3.96. The fourth-order valence-corrected chi connectivity index (χ4v) is 2.96. The van der Waals surface area contributed by atoms with Gasteiger partial charge in [-0.2, -0.15) is 0 Å². The van der Waals surface area contributed by atoms with E-state index in [0.29, 0.717) is 17.1 Å². The molecule has 1 aromatic carbocycles. The molecule has 1 N–H and O–H groups in total. The molecule has 1 heterocycles. The largest absolute Gasteiger partial charge is 0.480 e. The number of rotatable bonds is 3. The average molecular weight is 286 g/mol. The van der Waals surface area contributed by atoms with Crippen LogP contribution in [-0.2, 0) is 11.3 Å². The molecule has 0 radical (unpaired) electrons. The zero-order valence-corrected chi connectivity index (χ0v) is 11.5. The molecule has 1 aliphatic heterocycles. The molecule has 0 aromatic heterocycles. The predicted octanol–water partition coefficient (Wildman–Crippen LogP) is 3.16. The van der Waals surface area contributed by atoms with E-state index in [1.165, 1.54) is 6.07 Å². The quantitative estimate of drug-likeness (QED) is 0.927. The van der Waals surface area contributed by atoms with Gasteiger partial charge in [0, 0.05) is 17.1 Å². The fourth-order valence-electron chi connectivity index (χ4n) is 2.74. The summed E-state index contributed by atoms with van der Waals surface area (Å²) in [7, 11) is 0. The molecule has 0 saturated carbocycles. The predicted molar refractivity (Wildman–Crippen MR) is 71.6 cm³/mol. The van der Waals surface area contributed by atoms with Crippen LogP contribution >= 0.6 is 11.6 Å². The third-order valence-corrected chi connectivity index (χ3v) is 4.07. The van der Waals surface area contributed by atoms with Crippen molar-refractivity contribution < 1.29 is 14.3 Å². The van der Waals surface area contributed by atoms with Crippen molar-refractivity contribution in [3.05, 3.63) is 34.6 Å². The molecular weight excluding hydrogens is 269 g/mol. The number of likely N-dealkylation sites (tertiary alicyclic amines) is 1. The Labute approximate surface area is 117 Å². The minimum Gasteiger partial charge on any atom is -0.480 e. The molecule has 19 heavy (non-hydrogen) atoms. The van der Waals surface area contributed by atoms with E-state index in [9.17, 15) is 14.3 Å². The summed E-state index contributed by atoms with van der Waals surface area (Å²) in [6.45, 7) is 2.83. The number of nitrogens with zero attached hydrogens (tertiary/aromatic N) is 1. The Morgan fingerprint density at radius 2 is 2.32 bits per heavy atom. The highest BCUT2D eigenvalue weighted by atomic mass is 35.5. The minimum atomic E-state index is -0.848. The van der Waals surface area contributed by atoms with Crippen molar-refractivity contribution in [3.8, 4) is 0 Å². The number of carbonyl (C=O) groups is 1. The highest BCUT2D eigenvalue weighted by Gasteiger charge is 2.34. The van der Waals surface area contributed by atoms with Crippen LogP contribution < -0.4 is 0 Å². The van der Waals surface area contributed by atoms with E-state index in [0.717, 1.165) is 12.8 Å². The fraction of sp³-hybridized carbons (Fsp3) is 0.500. The van der Waals surface area contributed by atoms with Gasteiger partial charge in [0.1, 0.15) is 11.9 Å². The van der Waals surface area contributed by atoms with E-state index in [1.54, 1.807) is 17.0 Å². The first-order valence-corrected chi connectivity index (χ1v) is 6.78. The third-order valence-electron chi connectivity index (χ3n) is 3.71. The van der Waals surface area contributed by atoms with Gasteiger partial charge in [-0.3, -0.25) is 9.69 Å². The molecule has 1 fully saturated rings. The number of piperidine rings is 1. The molecule has 0 spiro atoms. The molecular formula is C14H17ClFNO2. The molecule has 3 nitrogen and oxygen atoms in total. The van der Waals surface area contributed by atoms with Crippen molar-refractivity contribution in [2.75, 3.05) is 6.54 Å². The van der Waals surface area contributed by atoms with Crippen molar-refractivity contribution in [1.82, 2.24) is 4.90 Å². The molecule has 2 atom stereocenters. The Balaban J connectivity index is 2.23. The van der Waals surface area contributed by atoms with Gasteiger partial charge in [0.15, 0.2) is 0 Å². The lowest BCUT2D eigenvalue weighted by Gasteiger charge is -2.37. The first-order chi connectivity index (χ1) is 9.00. The van der Waals surface area contributed by atoms with Crippen LogP contribution in [0.15, 0.2) is 18.2 Å². The van der Waals surface area contributed by atoms with Crippen molar-refractivity contribution >= 4 is 17.6 Å². The average Bonchev–Trinajstić information content (AvgIpc) is 2.33. The minimum absolute atomic E-state index is 0.0665. The third kappa shape index (κ3) is 3.07. The first-order valence-electron chi connectivity index (χ1n) is 6.40. The highest BCUT2D eigenvalue weighted by Crippen LogP contribution is 2.28. The summed E-state index contributed by atoms with van der Waals surface area (Å²) in [6.07, 6.45) is 1.81. The lowest BCUT2D eigenvalue weighted by molar-refractivity contribution is -0.147. The van der Waals surface area contributed by atoms with Crippen molar-refractivity contribution in [1.29, 1.82) is 0 Å². The van der Waals surface area contributed by atoms with Crippen LogP contribution in [0.3, 0.4) is 0 Å². The highest BCUT2D eigenvalue weighted by molar-refractivity contribution is 6.31. The maximum absolute atomic E-state index is 13.8. The maximum atomic E-state index is 13.8. The van der Waals surface area contributed by atoms with Crippen LogP contribution in [0.2, 0.25) is 5.02 Å². The lowest BCUT2D eigenvalue weighted by Crippen LogP contribution is -2.48. The topological polar surface area (TPSA) is 40.5 Å². The van der Waals surface area contributed by atoms with Gasteiger partial charge in [-0.1, -0.05) is 24.6 Å². The summed E-state index contributed by atoms with van der Waals surface area (Å²) in [5.41, 5.74) is 0.379. The summed E-state index contributed by atoms with van der Waals surface area (Å²) in [5, 5.41) is 9.68. The molecule has 5 heteroatoms. The van der Waals surface area contributed by atoms with E-state index in [-0.39, 0.29) is 18.3 Å². The van der Waals surface area contributed by atoms with Gasteiger partial charge in [-0.15, -0.1) is 0 Å². The first kappa shape index (κ1) is 14.3. The number of benzene rings is 1.